The van der Waals surface area contributed by atoms with E-state index in [2.05, 4.69) is 4.74 Å². The van der Waals surface area contributed by atoms with Gasteiger partial charge in [0, 0.05) is 0 Å². The molecule has 84 valence electrons. The van der Waals surface area contributed by atoms with Crippen molar-refractivity contribution in [2.45, 2.75) is 37.5 Å². The third-order valence-electron chi connectivity index (χ3n) is 1.27. The molecular weight excluding hydrogens is 223 g/mol. The first-order valence-corrected chi connectivity index (χ1v) is 4.26. The summed E-state index contributed by atoms with van der Waals surface area (Å²) in [5.41, 5.74) is 4.71. The van der Waals surface area contributed by atoms with Gasteiger partial charge in [0.05, 0.1) is 6.10 Å². The molecule has 0 aliphatic carbocycles. The highest BCUT2D eigenvalue weighted by molar-refractivity contribution is 6.30. The fraction of sp³-hybridized carbons (Fsp3) is 0.857. The van der Waals surface area contributed by atoms with Gasteiger partial charge < -0.3 is 10.5 Å². The topological polar surface area (TPSA) is 52.3 Å². The highest BCUT2D eigenvalue weighted by Gasteiger charge is 2.45. The smallest absolute Gasteiger partial charge is 0.405 e. The van der Waals surface area contributed by atoms with Crippen LogP contribution in [0.3, 0.4) is 0 Å². The van der Waals surface area contributed by atoms with Crippen LogP contribution < -0.4 is 5.73 Å². The van der Waals surface area contributed by atoms with Crippen molar-refractivity contribution in [2.75, 3.05) is 0 Å². The van der Waals surface area contributed by atoms with Gasteiger partial charge in [-0.15, -0.1) is 11.6 Å². The summed E-state index contributed by atoms with van der Waals surface area (Å²) in [4.78, 5) is 10.9. The molecule has 0 aliphatic rings. The summed E-state index contributed by atoms with van der Waals surface area (Å²) in [6.07, 6.45) is -5.23. The van der Waals surface area contributed by atoms with Gasteiger partial charge in [-0.1, -0.05) is 0 Å². The highest BCUT2D eigenvalue weighted by Crippen LogP contribution is 2.24. The zero-order valence-electron chi connectivity index (χ0n) is 7.64. The van der Waals surface area contributed by atoms with Crippen molar-refractivity contribution in [3.63, 3.8) is 0 Å². The summed E-state index contributed by atoms with van der Waals surface area (Å²) >= 11 is 5.19. The molecule has 0 radical (unpaired) electrons. The maximum absolute atomic E-state index is 12.0. The van der Waals surface area contributed by atoms with Gasteiger partial charge >= 0.3 is 12.1 Å². The van der Waals surface area contributed by atoms with E-state index in [-0.39, 0.29) is 0 Å². The molecule has 0 rings (SSSR count). The van der Waals surface area contributed by atoms with Crippen LogP contribution in [0, 0.1) is 0 Å². The second-order valence-corrected chi connectivity index (χ2v) is 3.42. The lowest BCUT2D eigenvalue weighted by Gasteiger charge is -2.20. The van der Waals surface area contributed by atoms with E-state index in [1.165, 1.54) is 13.8 Å². The van der Waals surface area contributed by atoms with Crippen LogP contribution in [-0.2, 0) is 9.53 Å². The molecule has 0 aromatic carbocycles. The van der Waals surface area contributed by atoms with Gasteiger partial charge in [-0.3, -0.25) is 4.79 Å². The Hall–Kier alpha value is -0.490. The molecule has 0 bridgehead atoms. The molecule has 0 aliphatic heterocycles. The van der Waals surface area contributed by atoms with Crippen LogP contribution in [0.25, 0.3) is 0 Å². The monoisotopic (exact) mass is 233 g/mol. The molecule has 0 spiro atoms. The van der Waals surface area contributed by atoms with Crippen LogP contribution in [0.1, 0.15) is 13.8 Å². The molecule has 2 atom stereocenters. The third kappa shape index (κ3) is 4.15. The molecule has 3 nitrogen and oxygen atoms in total. The number of esters is 1. The minimum absolute atomic E-state index is 0.524. The van der Waals surface area contributed by atoms with E-state index < -0.39 is 29.7 Å². The van der Waals surface area contributed by atoms with Crippen molar-refractivity contribution in [3.05, 3.63) is 0 Å². The fourth-order valence-corrected chi connectivity index (χ4v) is 0.804. The Morgan fingerprint density at radius 1 is 1.43 bits per heavy atom. The average Bonchev–Trinajstić information content (AvgIpc) is 1.98. The Morgan fingerprint density at radius 2 is 1.86 bits per heavy atom. The van der Waals surface area contributed by atoms with Crippen LogP contribution in [0.5, 0.6) is 0 Å². The first-order valence-electron chi connectivity index (χ1n) is 3.83. The van der Waals surface area contributed by atoms with E-state index in [0.29, 0.717) is 0 Å². The lowest BCUT2D eigenvalue weighted by atomic mass is 10.2. The van der Waals surface area contributed by atoms with Crippen molar-refractivity contribution in [1.29, 1.82) is 0 Å². The first kappa shape index (κ1) is 13.5. The molecule has 7 heteroatoms. The van der Waals surface area contributed by atoms with E-state index in [1.807, 2.05) is 0 Å². The Labute approximate surface area is 84.3 Å². The molecule has 0 aromatic heterocycles. The Bertz CT molecular complexity index is 208. The zero-order chi connectivity index (χ0) is 11.5. The molecular formula is C7H11ClF3NO2. The number of alkyl halides is 4. The van der Waals surface area contributed by atoms with Gasteiger partial charge in [0.1, 0.15) is 6.04 Å². The van der Waals surface area contributed by atoms with Crippen LogP contribution in [0.2, 0.25) is 0 Å². The molecule has 0 unspecified atom stereocenters. The van der Waals surface area contributed by atoms with Gasteiger partial charge in [0.25, 0.3) is 0 Å². The largest absolute Gasteiger partial charge is 0.462 e. The van der Waals surface area contributed by atoms with Gasteiger partial charge in [-0.25, -0.2) is 0 Å². The molecule has 0 saturated carbocycles. The molecule has 0 heterocycles. The summed E-state index contributed by atoms with van der Waals surface area (Å²) in [6, 6.07) is -2.41. The molecule has 0 amide bonds. The fourth-order valence-electron chi connectivity index (χ4n) is 0.610. The molecule has 0 fully saturated rings. The number of halogens is 4. The number of hydrogen-bond donors (Lipinski definition) is 1. The summed E-state index contributed by atoms with van der Waals surface area (Å²) in [6.45, 7) is 3.00. The summed E-state index contributed by atoms with van der Waals surface area (Å²) in [5.74, 6) is -1.16. The van der Waals surface area contributed by atoms with Crippen molar-refractivity contribution >= 4 is 17.6 Å². The van der Waals surface area contributed by atoms with Gasteiger partial charge in [-0.2, -0.15) is 13.2 Å². The zero-order valence-corrected chi connectivity index (χ0v) is 8.39. The van der Waals surface area contributed by atoms with Crippen molar-refractivity contribution < 1.29 is 22.7 Å². The van der Waals surface area contributed by atoms with Crippen molar-refractivity contribution in [3.8, 4) is 0 Å². The highest BCUT2D eigenvalue weighted by atomic mass is 35.5. The predicted octanol–water partition coefficient (Wildman–Crippen LogP) is 1.44. The number of ether oxygens (including phenoxy) is 1. The molecule has 0 saturated heterocycles. The van der Waals surface area contributed by atoms with E-state index >= 15 is 0 Å². The molecule has 2 N–H and O–H groups in total. The van der Waals surface area contributed by atoms with Crippen LogP contribution >= 0.6 is 11.6 Å². The Kier molecular flexibility index (Phi) is 4.67. The second-order valence-electron chi connectivity index (χ2n) is 2.95. The number of carbonyl (C=O) groups is 1. The number of hydrogen-bond acceptors (Lipinski definition) is 3. The standard InChI is InChI=1S/C7H11ClF3NO2/c1-3(2)14-6(13)4(8)5(12)7(9,10)11/h3-5H,12H2,1-2H3/t4-,5+/m0/s1. The summed E-state index contributed by atoms with van der Waals surface area (Å²) in [5, 5.41) is -1.91. The average molecular weight is 234 g/mol. The maximum Gasteiger partial charge on any atom is 0.405 e. The van der Waals surface area contributed by atoms with Gasteiger partial charge in [0.2, 0.25) is 0 Å². The summed E-state index contributed by atoms with van der Waals surface area (Å²) in [7, 11) is 0. The van der Waals surface area contributed by atoms with Gasteiger partial charge in [0.15, 0.2) is 5.38 Å². The third-order valence-corrected chi connectivity index (χ3v) is 1.72. The predicted molar refractivity (Wildman–Crippen MR) is 44.9 cm³/mol. The quantitative estimate of drug-likeness (QED) is 0.593. The SMILES string of the molecule is CC(C)OC(=O)[C@@H](Cl)[C@@H](N)C(F)(F)F. The lowest BCUT2D eigenvalue weighted by Crippen LogP contribution is -2.48. The molecule has 0 aromatic rings. The van der Waals surface area contributed by atoms with E-state index in [0.717, 1.165) is 0 Å². The summed E-state index contributed by atoms with van der Waals surface area (Å²) < 4.78 is 40.4. The first-order chi connectivity index (χ1) is 6.16. The second kappa shape index (κ2) is 4.84. The van der Waals surface area contributed by atoms with E-state index in [1.54, 1.807) is 0 Å². The molecule has 14 heavy (non-hydrogen) atoms. The number of carbonyl (C=O) groups excluding carboxylic acids is 1. The van der Waals surface area contributed by atoms with Crippen LogP contribution in [0.4, 0.5) is 13.2 Å². The van der Waals surface area contributed by atoms with E-state index in [4.69, 9.17) is 17.3 Å². The lowest BCUT2D eigenvalue weighted by molar-refractivity contribution is -0.165. The maximum atomic E-state index is 12.0. The van der Waals surface area contributed by atoms with Gasteiger partial charge in [-0.05, 0) is 13.8 Å². The van der Waals surface area contributed by atoms with E-state index in [9.17, 15) is 18.0 Å². The Morgan fingerprint density at radius 3 is 2.14 bits per heavy atom. The normalized spacial score (nSPS) is 16.6. The van der Waals surface area contributed by atoms with Crippen LogP contribution in [0.15, 0.2) is 0 Å². The van der Waals surface area contributed by atoms with Crippen molar-refractivity contribution in [1.82, 2.24) is 0 Å². The van der Waals surface area contributed by atoms with Crippen LogP contribution in [-0.4, -0.2) is 29.7 Å². The van der Waals surface area contributed by atoms with Crippen molar-refractivity contribution in [2.24, 2.45) is 5.73 Å². The number of rotatable bonds is 3. The minimum atomic E-state index is -4.71. The minimum Gasteiger partial charge on any atom is -0.462 e. The Balaban J connectivity index is 4.32. The number of nitrogens with two attached hydrogens (primary N) is 1.